The lowest BCUT2D eigenvalue weighted by Crippen LogP contribution is -2.42. The number of halogens is 6. The zero-order valence-corrected chi connectivity index (χ0v) is 9.67. The van der Waals surface area contributed by atoms with Gasteiger partial charge in [-0.3, -0.25) is 5.43 Å². The van der Waals surface area contributed by atoms with Gasteiger partial charge in [-0.2, -0.15) is 26.3 Å². The smallest absolute Gasteiger partial charge is 0.257 e. The van der Waals surface area contributed by atoms with Crippen LogP contribution in [0.4, 0.5) is 26.3 Å². The molecular weight excluding hydrogens is 262 g/mol. The maximum absolute atomic E-state index is 12.4. The average molecular weight is 278 g/mol. The van der Waals surface area contributed by atoms with Gasteiger partial charge < -0.3 is 0 Å². The molecule has 1 aliphatic carbocycles. The Balaban J connectivity index is 2.13. The van der Waals surface area contributed by atoms with Gasteiger partial charge in [0.05, 0.1) is 5.92 Å². The predicted octanol–water partition coefficient (Wildman–Crippen LogP) is 3.01. The second kappa shape index (κ2) is 6.10. The van der Waals surface area contributed by atoms with Crippen LogP contribution in [0.25, 0.3) is 0 Å². The summed E-state index contributed by atoms with van der Waals surface area (Å²) in [6.45, 7) is -0.883. The minimum absolute atomic E-state index is 0.00401. The molecule has 0 unspecified atom stereocenters. The summed E-state index contributed by atoms with van der Waals surface area (Å²) in [4.78, 5) is 0. The van der Waals surface area contributed by atoms with E-state index in [2.05, 4.69) is 5.43 Å². The van der Waals surface area contributed by atoms with Gasteiger partial charge >= 0.3 is 12.4 Å². The fraction of sp³-hybridized carbons (Fsp3) is 1.00. The van der Waals surface area contributed by atoms with E-state index in [1.54, 1.807) is 0 Å². The third kappa shape index (κ3) is 5.90. The quantitative estimate of drug-likeness (QED) is 0.469. The number of rotatable bonds is 4. The lowest BCUT2D eigenvalue weighted by molar-refractivity contribution is -0.183. The molecule has 1 saturated carbocycles. The standard InChI is InChI=1S/C10H16F6N2/c11-9(12,13)6-18-17-5-7-1-3-8(4-2-7)10(14,15)16/h7-8,17-18H,1-6H2. The van der Waals surface area contributed by atoms with Gasteiger partial charge in [0, 0.05) is 6.54 Å². The largest absolute Gasteiger partial charge is 0.402 e. The van der Waals surface area contributed by atoms with Crippen molar-refractivity contribution in [3.05, 3.63) is 0 Å². The summed E-state index contributed by atoms with van der Waals surface area (Å²) in [5, 5.41) is 0. The van der Waals surface area contributed by atoms with Crippen LogP contribution in [0.1, 0.15) is 25.7 Å². The summed E-state index contributed by atoms with van der Waals surface area (Å²) in [5.41, 5.74) is 4.43. The Morgan fingerprint density at radius 2 is 1.39 bits per heavy atom. The highest BCUT2D eigenvalue weighted by Crippen LogP contribution is 2.39. The molecule has 0 spiro atoms. The van der Waals surface area contributed by atoms with Gasteiger partial charge in [-0.1, -0.05) is 0 Å². The second-order valence-electron chi connectivity index (χ2n) is 4.61. The fourth-order valence-electron chi connectivity index (χ4n) is 2.07. The monoisotopic (exact) mass is 278 g/mol. The second-order valence-corrected chi connectivity index (χ2v) is 4.61. The van der Waals surface area contributed by atoms with Crippen molar-refractivity contribution in [1.82, 2.24) is 10.9 Å². The molecule has 0 saturated heterocycles. The molecule has 1 rings (SSSR count). The van der Waals surface area contributed by atoms with Gasteiger partial charge in [-0.25, -0.2) is 5.43 Å². The first-order chi connectivity index (χ1) is 8.18. The molecule has 0 atom stereocenters. The topological polar surface area (TPSA) is 24.1 Å². The van der Waals surface area contributed by atoms with Crippen molar-refractivity contribution >= 4 is 0 Å². The number of hydrogen-bond acceptors (Lipinski definition) is 2. The van der Waals surface area contributed by atoms with E-state index in [0.717, 1.165) is 0 Å². The molecule has 0 aromatic heterocycles. The molecule has 0 amide bonds. The van der Waals surface area contributed by atoms with Gasteiger partial charge in [0.15, 0.2) is 0 Å². The van der Waals surface area contributed by atoms with Gasteiger partial charge in [-0.15, -0.1) is 0 Å². The summed E-state index contributed by atoms with van der Waals surface area (Å²) in [7, 11) is 0. The summed E-state index contributed by atoms with van der Waals surface area (Å²) < 4.78 is 72.4. The summed E-state index contributed by atoms with van der Waals surface area (Å²) in [6.07, 6.45) is -7.52. The van der Waals surface area contributed by atoms with Crippen LogP contribution in [0.5, 0.6) is 0 Å². The van der Waals surface area contributed by atoms with Gasteiger partial charge in [-0.05, 0) is 31.6 Å². The van der Waals surface area contributed by atoms with Crippen molar-refractivity contribution in [3.8, 4) is 0 Å². The molecule has 0 radical (unpaired) electrons. The van der Waals surface area contributed by atoms with E-state index in [9.17, 15) is 26.3 Å². The number of alkyl halides is 6. The van der Waals surface area contributed by atoms with Crippen LogP contribution in [0, 0.1) is 11.8 Å². The van der Waals surface area contributed by atoms with E-state index in [4.69, 9.17) is 0 Å². The molecule has 0 aliphatic heterocycles. The van der Waals surface area contributed by atoms with Crippen LogP contribution < -0.4 is 10.9 Å². The lowest BCUT2D eigenvalue weighted by Gasteiger charge is -2.30. The molecule has 0 aromatic rings. The van der Waals surface area contributed by atoms with Crippen LogP contribution in [0.15, 0.2) is 0 Å². The Labute approximate surface area is 101 Å². The lowest BCUT2D eigenvalue weighted by atomic mass is 9.82. The van der Waals surface area contributed by atoms with Crippen molar-refractivity contribution < 1.29 is 26.3 Å². The zero-order chi connectivity index (χ0) is 13.8. The summed E-state index contributed by atoms with van der Waals surface area (Å²) >= 11 is 0. The predicted molar refractivity (Wildman–Crippen MR) is 53.6 cm³/mol. The third-order valence-corrected chi connectivity index (χ3v) is 3.11. The molecule has 18 heavy (non-hydrogen) atoms. The molecule has 8 heteroatoms. The molecule has 1 fully saturated rings. The first kappa shape index (κ1) is 15.6. The van der Waals surface area contributed by atoms with Crippen LogP contribution in [0.3, 0.4) is 0 Å². The van der Waals surface area contributed by atoms with Gasteiger partial charge in [0.25, 0.3) is 0 Å². The average Bonchev–Trinajstić information content (AvgIpc) is 2.22. The van der Waals surface area contributed by atoms with Gasteiger partial charge in [0.1, 0.15) is 6.54 Å². The fourth-order valence-corrected chi connectivity index (χ4v) is 2.07. The first-order valence-corrected chi connectivity index (χ1v) is 5.77. The molecule has 2 N–H and O–H groups in total. The molecule has 0 aromatic carbocycles. The van der Waals surface area contributed by atoms with E-state index < -0.39 is 24.8 Å². The molecule has 108 valence electrons. The SMILES string of the molecule is FC(F)(F)CNNCC1CCC(C(F)(F)F)CC1. The first-order valence-electron chi connectivity index (χ1n) is 5.77. The Bertz CT molecular complexity index is 242. The van der Waals surface area contributed by atoms with E-state index in [-0.39, 0.29) is 25.3 Å². The highest BCUT2D eigenvalue weighted by molar-refractivity contribution is 4.77. The Morgan fingerprint density at radius 1 is 0.833 bits per heavy atom. The minimum atomic E-state index is -4.29. The number of hydrazine groups is 1. The normalized spacial score (nSPS) is 26.3. The van der Waals surface area contributed by atoms with Crippen LogP contribution in [-0.2, 0) is 0 Å². The maximum atomic E-state index is 12.4. The minimum Gasteiger partial charge on any atom is -0.257 e. The van der Waals surface area contributed by atoms with Crippen LogP contribution in [-0.4, -0.2) is 25.4 Å². The van der Waals surface area contributed by atoms with Crippen molar-refractivity contribution in [2.24, 2.45) is 11.8 Å². The van der Waals surface area contributed by atoms with Crippen molar-refractivity contribution in [2.45, 2.75) is 38.0 Å². The van der Waals surface area contributed by atoms with E-state index in [1.807, 2.05) is 5.43 Å². The summed E-state index contributed by atoms with van der Waals surface area (Å²) in [6, 6.07) is 0. The van der Waals surface area contributed by atoms with E-state index in [0.29, 0.717) is 12.8 Å². The Kier molecular flexibility index (Phi) is 5.27. The molecular formula is C10H16F6N2. The number of hydrogen-bond donors (Lipinski definition) is 2. The molecule has 0 bridgehead atoms. The van der Waals surface area contributed by atoms with Gasteiger partial charge in [0.2, 0.25) is 0 Å². The highest BCUT2D eigenvalue weighted by atomic mass is 19.4. The van der Waals surface area contributed by atoms with E-state index >= 15 is 0 Å². The van der Waals surface area contributed by atoms with Crippen LogP contribution >= 0.6 is 0 Å². The Morgan fingerprint density at radius 3 is 1.83 bits per heavy atom. The Hall–Kier alpha value is -0.500. The molecule has 1 aliphatic rings. The molecule has 0 heterocycles. The van der Waals surface area contributed by atoms with Crippen LogP contribution in [0.2, 0.25) is 0 Å². The highest BCUT2D eigenvalue weighted by Gasteiger charge is 2.41. The third-order valence-electron chi connectivity index (χ3n) is 3.11. The maximum Gasteiger partial charge on any atom is 0.402 e. The van der Waals surface area contributed by atoms with E-state index in [1.165, 1.54) is 0 Å². The zero-order valence-electron chi connectivity index (χ0n) is 9.67. The van der Waals surface area contributed by atoms with Crippen molar-refractivity contribution in [2.75, 3.05) is 13.1 Å². The van der Waals surface area contributed by atoms with Crippen molar-refractivity contribution in [3.63, 3.8) is 0 Å². The summed E-state index contributed by atoms with van der Waals surface area (Å²) in [5.74, 6) is -1.25. The number of nitrogens with one attached hydrogen (secondary N) is 2. The molecule has 2 nitrogen and oxygen atoms in total. The van der Waals surface area contributed by atoms with Crippen molar-refractivity contribution in [1.29, 1.82) is 0 Å².